The van der Waals surface area contributed by atoms with Gasteiger partial charge >= 0.3 is 5.97 Å². The number of benzene rings is 1. The molecule has 0 fully saturated rings. The number of unbranched alkanes of at least 4 members (excludes halogenated alkanes) is 10. The molecule has 1 aromatic carbocycles. The molecule has 0 bridgehead atoms. The summed E-state index contributed by atoms with van der Waals surface area (Å²) in [6, 6.07) is 7.91. The number of esters is 1. The summed E-state index contributed by atoms with van der Waals surface area (Å²) in [6.07, 6.45) is 19.2. The predicted molar refractivity (Wildman–Crippen MR) is 127 cm³/mol. The lowest BCUT2D eigenvalue weighted by Gasteiger charge is -2.05. The molecule has 180 valence electrons. The first-order valence-electron chi connectivity index (χ1n) is 11.1. The van der Waals surface area contributed by atoms with Crippen molar-refractivity contribution in [1.82, 2.24) is 0 Å². The largest absolute Gasteiger partial charge is 0.726 e. The zero-order valence-electron chi connectivity index (χ0n) is 19.6. The van der Waals surface area contributed by atoms with E-state index in [0.29, 0.717) is 12.2 Å². The molecule has 0 aliphatic carbocycles. The molecule has 1 aromatic rings. The Balaban J connectivity index is 0.00000131. The Hall–Kier alpha value is -1.09. The average molecular weight is 477 g/mol. The van der Waals surface area contributed by atoms with E-state index >= 15 is 0 Å². The van der Waals surface area contributed by atoms with Crippen LogP contribution >= 0.6 is 0 Å². The Labute approximate surface area is 192 Å². The van der Waals surface area contributed by atoms with Crippen molar-refractivity contribution in [3.8, 4) is 5.75 Å². The monoisotopic (exact) mass is 476 g/mol. The maximum Gasteiger partial charge on any atom is 0.311 e. The molecule has 0 aromatic heterocycles. The summed E-state index contributed by atoms with van der Waals surface area (Å²) in [6.45, 7) is 2.26. The fraction of sp³-hybridized carbons (Fsp3) is 0.696. The highest BCUT2D eigenvalue weighted by atomic mass is 32.3. The molecule has 0 saturated heterocycles. The molecule has 0 aliphatic heterocycles. The first-order valence-corrected chi connectivity index (χ1v) is 14.5. The summed E-state index contributed by atoms with van der Waals surface area (Å²) in [5.41, 5.74) is 0. The lowest BCUT2D eigenvalue weighted by atomic mass is 10.1. The third-order valence-electron chi connectivity index (χ3n) is 4.72. The SMILES string of the molecule is CCCCCCCCCCCCCC(=O)Oc1ccc([S+](C)C)cc1.COS(=O)(=O)[O-]. The van der Waals surface area contributed by atoms with Gasteiger partial charge in [0.2, 0.25) is 10.4 Å². The molecule has 0 amide bonds. The van der Waals surface area contributed by atoms with E-state index < -0.39 is 10.4 Å². The minimum atomic E-state index is -4.41. The summed E-state index contributed by atoms with van der Waals surface area (Å²) in [4.78, 5) is 13.2. The zero-order chi connectivity index (χ0) is 23.5. The topological polar surface area (TPSA) is 92.7 Å². The molecule has 1 rings (SSSR count). The Morgan fingerprint density at radius 2 is 1.29 bits per heavy atom. The van der Waals surface area contributed by atoms with Crippen LogP contribution in [0.2, 0.25) is 0 Å². The van der Waals surface area contributed by atoms with Crippen LogP contribution in [0.1, 0.15) is 84.0 Å². The summed E-state index contributed by atoms with van der Waals surface area (Å²) < 4.78 is 36.4. The van der Waals surface area contributed by atoms with E-state index in [1.807, 2.05) is 24.3 Å². The van der Waals surface area contributed by atoms with Crippen LogP contribution in [0, 0.1) is 0 Å². The van der Waals surface area contributed by atoms with E-state index in [9.17, 15) is 17.8 Å². The summed E-state index contributed by atoms with van der Waals surface area (Å²) in [5, 5.41) is 0. The standard InChI is InChI=1S/C22H37O2S.CH4O4S/c1-4-5-6-7-8-9-10-11-12-13-14-15-22(23)24-20-16-18-21(19-17-20)25(2)3;1-5-6(2,3)4/h16-19H,4-15H2,1-3H3;1H3,(H,2,3,4)/q+1;/p-1. The van der Waals surface area contributed by atoms with Gasteiger partial charge in [0.05, 0.1) is 7.11 Å². The van der Waals surface area contributed by atoms with Gasteiger partial charge in [0.15, 0.2) is 4.90 Å². The normalized spacial score (nSPS) is 11.2. The van der Waals surface area contributed by atoms with Gasteiger partial charge in [-0.2, -0.15) is 0 Å². The van der Waals surface area contributed by atoms with Gasteiger partial charge in [-0.25, -0.2) is 8.42 Å². The highest BCUT2D eigenvalue weighted by Gasteiger charge is 2.09. The van der Waals surface area contributed by atoms with E-state index in [0.717, 1.165) is 20.0 Å². The van der Waals surface area contributed by atoms with Crippen molar-refractivity contribution < 1.29 is 26.7 Å². The van der Waals surface area contributed by atoms with Gasteiger partial charge in [-0.15, -0.1) is 0 Å². The molecule has 0 aliphatic rings. The minimum absolute atomic E-state index is 0.101. The molecule has 31 heavy (non-hydrogen) atoms. The second-order valence-corrected chi connectivity index (χ2v) is 10.9. The molecule has 0 spiro atoms. The lowest BCUT2D eigenvalue weighted by molar-refractivity contribution is -0.134. The molecule has 0 radical (unpaired) electrons. The Bertz CT molecular complexity index is 672. The van der Waals surface area contributed by atoms with Crippen LogP contribution in [0.4, 0.5) is 0 Å². The number of hydrogen-bond donors (Lipinski definition) is 0. The highest BCUT2D eigenvalue weighted by molar-refractivity contribution is 7.95. The number of ether oxygens (including phenoxy) is 1. The molecule has 0 saturated carbocycles. The molecular weight excluding hydrogens is 436 g/mol. The Morgan fingerprint density at radius 3 is 1.68 bits per heavy atom. The second-order valence-electron chi connectivity index (χ2n) is 7.62. The van der Waals surface area contributed by atoms with Crippen molar-refractivity contribution in [1.29, 1.82) is 0 Å². The van der Waals surface area contributed by atoms with Crippen LogP contribution in [0.25, 0.3) is 0 Å². The first-order chi connectivity index (χ1) is 14.7. The van der Waals surface area contributed by atoms with Gasteiger partial charge in [0, 0.05) is 17.3 Å². The van der Waals surface area contributed by atoms with Crippen molar-refractivity contribution in [3.63, 3.8) is 0 Å². The minimum Gasteiger partial charge on any atom is -0.726 e. The van der Waals surface area contributed by atoms with Gasteiger partial charge < -0.3 is 9.29 Å². The second kappa shape index (κ2) is 18.5. The van der Waals surface area contributed by atoms with Crippen LogP contribution < -0.4 is 4.74 Å². The Morgan fingerprint density at radius 1 is 0.871 bits per heavy atom. The van der Waals surface area contributed by atoms with Crippen molar-refractivity contribution in [2.75, 3.05) is 19.6 Å². The highest BCUT2D eigenvalue weighted by Crippen LogP contribution is 2.17. The lowest BCUT2D eigenvalue weighted by Crippen LogP contribution is -2.07. The fourth-order valence-electron chi connectivity index (χ4n) is 2.90. The van der Waals surface area contributed by atoms with Crippen LogP contribution in [-0.2, 0) is 30.3 Å². The van der Waals surface area contributed by atoms with E-state index in [4.69, 9.17) is 4.74 Å². The van der Waals surface area contributed by atoms with Crippen LogP contribution in [0.3, 0.4) is 0 Å². The van der Waals surface area contributed by atoms with Crippen molar-refractivity contribution in [2.24, 2.45) is 0 Å². The van der Waals surface area contributed by atoms with E-state index in [1.54, 1.807) is 0 Å². The molecule has 0 N–H and O–H groups in total. The zero-order valence-corrected chi connectivity index (χ0v) is 21.2. The third-order valence-corrected chi connectivity index (χ3v) is 6.34. The third kappa shape index (κ3) is 19.3. The van der Waals surface area contributed by atoms with Crippen molar-refractivity contribution in [3.05, 3.63) is 24.3 Å². The number of carbonyl (C=O) groups excluding carboxylic acids is 1. The maximum atomic E-state index is 11.9. The summed E-state index contributed by atoms with van der Waals surface area (Å²) in [7, 11) is -3.36. The number of rotatable bonds is 15. The van der Waals surface area contributed by atoms with Gasteiger partial charge in [-0.1, -0.05) is 71.1 Å². The average Bonchev–Trinajstić information content (AvgIpc) is 2.72. The summed E-state index contributed by atoms with van der Waals surface area (Å²) >= 11 is 0. The van der Waals surface area contributed by atoms with Crippen LogP contribution in [0.5, 0.6) is 5.75 Å². The van der Waals surface area contributed by atoms with E-state index in [2.05, 4.69) is 23.6 Å². The molecule has 8 heteroatoms. The number of carbonyl (C=O) groups is 1. The van der Waals surface area contributed by atoms with Gasteiger partial charge in [-0.05, 0) is 30.7 Å². The fourth-order valence-corrected chi connectivity index (χ4v) is 3.58. The predicted octanol–water partition coefficient (Wildman–Crippen LogP) is 5.62. The van der Waals surface area contributed by atoms with Crippen molar-refractivity contribution >= 4 is 27.3 Å². The van der Waals surface area contributed by atoms with Crippen LogP contribution in [-0.4, -0.2) is 38.6 Å². The Kier molecular flexibility index (Phi) is 17.8. The molecule has 0 atom stereocenters. The smallest absolute Gasteiger partial charge is 0.311 e. The molecule has 0 heterocycles. The van der Waals surface area contributed by atoms with Gasteiger partial charge in [-0.3, -0.25) is 8.98 Å². The molecule has 6 nitrogen and oxygen atoms in total. The van der Waals surface area contributed by atoms with Crippen molar-refractivity contribution in [2.45, 2.75) is 88.9 Å². The summed E-state index contributed by atoms with van der Waals surface area (Å²) in [5.74, 6) is 0.568. The van der Waals surface area contributed by atoms with Gasteiger partial charge in [0.25, 0.3) is 0 Å². The molecule has 0 unspecified atom stereocenters. The first kappa shape index (κ1) is 29.9. The van der Waals surface area contributed by atoms with E-state index in [1.165, 1.54) is 62.7 Å². The van der Waals surface area contributed by atoms with Crippen LogP contribution in [0.15, 0.2) is 29.2 Å². The number of hydrogen-bond acceptors (Lipinski definition) is 6. The van der Waals surface area contributed by atoms with E-state index in [-0.39, 0.29) is 16.9 Å². The molecular formula is C23H40O6S2. The quantitative estimate of drug-likeness (QED) is 0.0814. The maximum absolute atomic E-state index is 11.9. The van der Waals surface area contributed by atoms with Gasteiger partial charge in [0.1, 0.15) is 18.3 Å².